The summed E-state index contributed by atoms with van der Waals surface area (Å²) < 4.78 is 1.12. The fourth-order valence-corrected chi connectivity index (χ4v) is 3.65. The zero-order valence-electron chi connectivity index (χ0n) is 8.63. The summed E-state index contributed by atoms with van der Waals surface area (Å²) in [6.45, 7) is 1.97. The van der Waals surface area contributed by atoms with E-state index in [4.69, 9.17) is 0 Å². The molecule has 0 radical (unpaired) electrons. The molecule has 0 aliphatic carbocycles. The largest absolute Gasteiger partial charge is 0.389 e. The number of thiophene rings is 1. The van der Waals surface area contributed by atoms with Gasteiger partial charge in [-0.2, -0.15) is 0 Å². The smallest absolute Gasteiger partial charge is 0.0708 e. The molecule has 0 spiro atoms. The molecule has 2 nitrogen and oxygen atoms in total. The summed E-state index contributed by atoms with van der Waals surface area (Å²) in [5, 5.41) is 15.9. The second-order valence-electron chi connectivity index (χ2n) is 4.24. The first-order valence-corrected chi connectivity index (χ1v) is 7.01. The van der Waals surface area contributed by atoms with Crippen LogP contribution in [0.4, 0.5) is 0 Å². The van der Waals surface area contributed by atoms with Gasteiger partial charge in [-0.1, -0.05) is 0 Å². The second-order valence-corrected chi connectivity index (χ2v) is 6.15. The molecule has 1 aromatic heterocycles. The minimum absolute atomic E-state index is 0.492. The summed E-state index contributed by atoms with van der Waals surface area (Å²) >= 11 is 5.17. The molecule has 15 heavy (non-hydrogen) atoms. The monoisotopic (exact) mass is 289 g/mol. The van der Waals surface area contributed by atoms with Crippen molar-refractivity contribution in [1.29, 1.82) is 0 Å². The lowest BCUT2D eigenvalue weighted by Crippen LogP contribution is -2.32. The summed E-state index contributed by atoms with van der Waals surface area (Å²) in [5.41, 5.74) is -0.492. The van der Waals surface area contributed by atoms with Crippen molar-refractivity contribution in [1.82, 2.24) is 5.32 Å². The Kier molecular flexibility index (Phi) is 3.83. The van der Waals surface area contributed by atoms with Gasteiger partial charge in [0.1, 0.15) is 0 Å². The minimum atomic E-state index is -0.492. The van der Waals surface area contributed by atoms with E-state index in [9.17, 15) is 5.11 Å². The lowest BCUT2D eigenvalue weighted by atomic mass is 9.90. The van der Waals surface area contributed by atoms with Gasteiger partial charge in [0.15, 0.2) is 0 Å². The van der Waals surface area contributed by atoms with Gasteiger partial charge >= 0.3 is 0 Å². The van der Waals surface area contributed by atoms with Gasteiger partial charge in [-0.15, -0.1) is 11.3 Å². The van der Waals surface area contributed by atoms with Crippen LogP contribution in [0.5, 0.6) is 0 Å². The molecule has 0 bridgehead atoms. The van der Waals surface area contributed by atoms with Gasteiger partial charge in [0.2, 0.25) is 0 Å². The Labute approximate surface area is 103 Å². The molecule has 1 aliphatic heterocycles. The van der Waals surface area contributed by atoms with Crippen LogP contribution in [0.1, 0.15) is 24.1 Å². The van der Waals surface area contributed by atoms with E-state index in [0.29, 0.717) is 0 Å². The predicted octanol–water partition coefficient (Wildman–Crippen LogP) is 2.56. The summed E-state index contributed by atoms with van der Waals surface area (Å²) in [5.74, 6) is 0. The molecule has 0 aromatic carbocycles. The van der Waals surface area contributed by atoms with Crippen LogP contribution in [0, 0.1) is 0 Å². The fourth-order valence-electron chi connectivity index (χ4n) is 2.06. The van der Waals surface area contributed by atoms with Gasteiger partial charge in [0.25, 0.3) is 0 Å². The van der Waals surface area contributed by atoms with Gasteiger partial charge in [-0.3, -0.25) is 0 Å². The minimum Gasteiger partial charge on any atom is -0.389 e. The molecular formula is C11H16BrNOS. The van der Waals surface area contributed by atoms with E-state index in [0.717, 1.165) is 43.2 Å². The maximum atomic E-state index is 10.5. The quantitative estimate of drug-likeness (QED) is 0.877. The SMILES string of the molecule is OC1(Cc2cc(Br)cs2)CCCNCC1. The molecule has 0 amide bonds. The molecule has 1 aliphatic rings. The molecule has 84 valence electrons. The number of halogens is 1. The molecule has 0 saturated carbocycles. The third-order valence-electron chi connectivity index (χ3n) is 2.89. The fraction of sp³-hybridized carbons (Fsp3) is 0.636. The van der Waals surface area contributed by atoms with E-state index in [1.54, 1.807) is 11.3 Å². The summed E-state index contributed by atoms with van der Waals surface area (Å²) in [7, 11) is 0. The maximum absolute atomic E-state index is 10.5. The zero-order chi connectivity index (χ0) is 10.7. The predicted molar refractivity (Wildman–Crippen MR) is 67.4 cm³/mol. The second kappa shape index (κ2) is 4.95. The molecular weight excluding hydrogens is 274 g/mol. The average Bonchev–Trinajstić information content (AvgIpc) is 2.46. The Bertz CT molecular complexity index is 318. The van der Waals surface area contributed by atoms with Crippen molar-refractivity contribution in [3.05, 3.63) is 20.8 Å². The molecule has 2 rings (SSSR count). The van der Waals surface area contributed by atoms with Crippen LogP contribution in [-0.4, -0.2) is 23.8 Å². The van der Waals surface area contributed by atoms with E-state index >= 15 is 0 Å². The number of hydrogen-bond acceptors (Lipinski definition) is 3. The molecule has 1 atom stereocenters. The first-order chi connectivity index (χ1) is 7.18. The normalized spacial score (nSPS) is 27.6. The topological polar surface area (TPSA) is 32.3 Å². The Balaban J connectivity index is 2.02. The molecule has 1 saturated heterocycles. The van der Waals surface area contributed by atoms with Crippen molar-refractivity contribution in [2.24, 2.45) is 0 Å². The standard InChI is InChI=1S/C11H16BrNOS/c12-9-6-10(15-8-9)7-11(14)2-1-4-13-5-3-11/h6,8,13-14H,1-5,7H2. The lowest BCUT2D eigenvalue weighted by molar-refractivity contribution is 0.0292. The third-order valence-corrected chi connectivity index (χ3v) is 4.59. The lowest BCUT2D eigenvalue weighted by Gasteiger charge is -2.25. The number of nitrogens with one attached hydrogen (secondary N) is 1. The first kappa shape index (κ1) is 11.6. The van der Waals surface area contributed by atoms with Gasteiger partial charge < -0.3 is 10.4 Å². The van der Waals surface area contributed by atoms with E-state index in [1.165, 1.54) is 4.88 Å². The van der Waals surface area contributed by atoms with Crippen LogP contribution in [0.25, 0.3) is 0 Å². The number of hydrogen-bond donors (Lipinski definition) is 2. The van der Waals surface area contributed by atoms with E-state index in [-0.39, 0.29) is 0 Å². The molecule has 1 unspecified atom stereocenters. The van der Waals surface area contributed by atoms with Crippen LogP contribution >= 0.6 is 27.3 Å². The number of rotatable bonds is 2. The van der Waals surface area contributed by atoms with Crippen molar-refractivity contribution < 1.29 is 5.11 Å². The Morgan fingerprint density at radius 3 is 3.07 bits per heavy atom. The number of aliphatic hydroxyl groups is 1. The van der Waals surface area contributed by atoms with E-state index in [1.807, 2.05) is 0 Å². The Morgan fingerprint density at radius 2 is 2.33 bits per heavy atom. The van der Waals surface area contributed by atoms with Crippen LogP contribution < -0.4 is 5.32 Å². The van der Waals surface area contributed by atoms with Crippen molar-refractivity contribution >= 4 is 27.3 Å². The van der Waals surface area contributed by atoms with Gasteiger partial charge in [-0.25, -0.2) is 0 Å². The third kappa shape index (κ3) is 3.28. The maximum Gasteiger partial charge on any atom is 0.0708 e. The van der Waals surface area contributed by atoms with Crippen molar-refractivity contribution in [3.63, 3.8) is 0 Å². The Morgan fingerprint density at radius 1 is 1.47 bits per heavy atom. The zero-order valence-corrected chi connectivity index (χ0v) is 11.0. The summed E-state index contributed by atoms with van der Waals surface area (Å²) in [4.78, 5) is 1.27. The molecule has 1 aromatic rings. The van der Waals surface area contributed by atoms with Crippen LogP contribution in [-0.2, 0) is 6.42 Å². The molecule has 4 heteroatoms. The highest BCUT2D eigenvalue weighted by molar-refractivity contribution is 9.10. The van der Waals surface area contributed by atoms with Crippen LogP contribution in [0.3, 0.4) is 0 Å². The van der Waals surface area contributed by atoms with Crippen LogP contribution in [0.15, 0.2) is 15.9 Å². The van der Waals surface area contributed by atoms with Crippen LogP contribution in [0.2, 0.25) is 0 Å². The molecule has 2 heterocycles. The highest BCUT2D eigenvalue weighted by Crippen LogP contribution is 2.28. The molecule has 2 N–H and O–H groups in total. The van der Waals surface area contributed by atoms with E-state index < -0.39 is 5.60 Å². The van der Waals surface area contributed by atoms with Gasteiger partial charge in [0.05, 0.1) is 5.60 Å². The van der Waals surface area contributed by atoms with E-state index in [2.05, 4.69) is 32.7 Å². The highest BCUT2D eigenvalue weighted by Gasteiger charge is 2.28. The summed E-state index contributed by atoms with van der Waals surface area (Å²) in [6, 6.07) is 2.11. The van der Waals surface area contributed by atoms with Gasteiger partial charge in [-0.05, 0) is 54.3 Å². The Hall–Kier alpha value is 0.1000. The summed E-state index contributed by atoms with van der Waals surface area (Å²) in [6.07, 6.45) is 3.64. The molecule has 1 fully saturated rings. The highest BCUT2D eigenvalue weighted by atomic mass is 79.9. The van der Waals surface area contributed by atoms with Crippen molar-refractivity contribution in [3.8, 4) is 0 Å². The average molecular weight is 290 g/mol. The first-order valence-electron chi connectivity index (χ1n) is 5.34. The van der Waals surface area contributed by atoms with Crippen molar-refractivity contribution in [2.75, 3.05) is 13.1 Å². The van der Waals surface area contributed by atoms with Crippen molar-refractivity contribution in [2.45, 2.75) is 31.3 Å². The van der Waals surface area contributed by atoms with Gasteiger partial charge in [0, 0.05) is 21.2 Å².